The van der Waals surface area contributed by atoms with Gasteiger partial charge < -0.3 is 24.4 Å². The molecule has 0 saturated carbocycles. The van der Waals surface area contributed by atoms with E-state index in [0.29, 0.717) is 53.7 Å². The van der Waals surface area contributed by atoms with Crippen molar-refractivity contribution in [2.24, 2.45) is 0 Å². The number of aromatic nitrogens is 2. The van der Waals surface area contributed by atoms with Crippen molar-refractivity contribution in [1.29, 1.82) is 0 Å². The molecule has 198 valence electrons. The van der Waals surface area contributed by atoms with E-state index in [1.165, 1.54) is 25.6 Å². The number of nitrogens with zero attached hydrogens (tertiary/aromatic N) is 3. The lowest BCUT2D eigenvalue weighted by Gasteiger charge is -2.27. The summed E-state index contributed by atoms with van der Waals surface area (Å²) in [6.45, 7) is 3.24. The van der Waals surface area contributed by atoms with Crippen LogP contribution in [0.25, 0.3) is 21.7 Å². The minimum absolute atomic E-state index is 0.122. The van der Waals surface area contributed by atoms with Gasteiger partial charge in [-0.25, -0.2) is 9.97 Å². The van der Waals surface area contributed by atoms with Crippen molar-refractivity contribution >= 4 is 44.7 Å². The fourth-order valence-corrected chi connectivity index (χ4v) is 4.57. The number of rotatable bonds is 10. The largest absolute Gasteiger partial charge is 0.493 e. The third-order valence-electron chi connectivity index (χ3n) is 6.44. The predicted molar refractivity (Wildman–Crippen MR) is 150 cm³/mol. The van der Waals surface area contributed by atoms with E-state index in [-0.39, 0.29) is 17.3 Å². The Morgan fingerprint density at radius 2 is 1.69 bits per heavy atom. The van der Waals surface area contributed by atoms with E-state index in [1.54, 1.807) is 19.2 Å². The number of allylic oxidation sites excluding steroid dienone is 2. The molecular formula is C30H28N4O5. The summed E-state index contributed by atoms with van der Waals surface area (Å²) in [6.07, 6.45) is 4.08. The van der Waals surface area contributed by atoms with Gasteiger partial charge in [-0.2, -0.15) is 0 Å². The number of nitrogens with one attached hydrogen (secondary N) is 1. The van der Waals surface area contributed by atoms with Crippen molar-refractivity contribution < 1.29 is 23.8 Å². The lowest BCUT2D eigenvalue weighted by atomic mass is 10.0. The third kappa shape index (κ3) is 5.17. The second-order valence-electron chi connectivity index (χ2n) is 8.77. The highest BCUT2D eigenvalue weighted by atomic mass is 16.5. The van der Waals surface area contributed by atoms with Gasteiger partial charge in [0.05, 0.1) is 30.6 Å². The summed E-state index contributed by atoms with van der Waals surface area (Å²) in [7, 11) is 3.13. The van der Waals surface area contributed by atoms with Crippen LogP contribution in [0.5, 0.6) is 11.5 Å². The number of carbonyl (C=O) groups excluding carboxylic acids is 2. The maximum Gasteiger partial charge on any atom is 0.204 e. The highest BCUT2D eigenvalue weighted by molar-refractivity contribution is 6.22. The van der Waals surface area contributed by atoms with Crippen molar-refractivity contribution in [3.8, 4) is 11.5 Å². The number of fused-ring (bicyclic) bond motifs is 2. The molecule has 39 heavy (non-hydrogen) atoms. The molecule has 3 aromatic carbocycles. The molecule has 1 aliphatic rings. The number of ether oxygens (including phenoxy) is 3. The molecule has 4 aromatic rings. The van der Waals surface area contributed by atoms with Crippen LogP contribution in [0.4, 0.5) is 11.5 Å². The average Bonchev–Trinajstić information content (AvgIpc) is 2.96. The first kappa shape index (κ1) is 25.9. The van der Waals surface area contributed by atoms with Gasteiger partial charge in [-0.1, -0.05) is 36.4 Å². The quantitative estimate of drug-likeness (QED) is 0.234. The van der Waals surface area contributed by atoms with Crippen LogP contribution in [0, 0.1) is 0 Å². The number of ketones is 2. The van der Waals surface area contributed by atoms with Crippen molar-refractivity contribution in [2.45, 2.75) is 6.92 Å². The Morgan fingerprint density at radius 3 is 2.49 bits per heavy atom. The van der Waals surface area contributed by atoms with E-state index in [9.17, 15) is 9.59 Å². The van der Waals surface area contributed by atoms with Crippen molar-refractivity contribution in [3.05, 3.63) is 84.5 Å². The molecule has 0 atom stereocenters. The Balaban J connectivity index is 1.44. The molecule has 0 fully saturated rings. The van der Waals surface area contributed by atoms with E-state index in [2.05, 4.69) is 15.3 Å². The van der Waals surface area contributed by atoms with Gasteiger partial charge in [-0.05, 0) is 24.4 Å². The summed E-state index contributed by atoms with van der Waals surface area (Å²) in [6, 6.07) is 17.3. The molecular weight excluding hydrogens is 496 g/mol. The number of hydrogen-bond donors (Lipinski definition) is 1. The van der Waals surface area contributed by atoms with E-state index in [1.807, 2.05) is 54.3 Å². The fourth-order valence-electron chi connectivity index (χ4n) is 4.57. The van der Waals surface area contributed by atoms with Gasteiger partial charge in [0.1, 0.15) is 18.8 Å². The molecule has 1 aliphatic carbocycles. The highest BCUT2D eigenvalue weighted by Crippen LogP contribution is 2.35. The van der Waals surface area contributed by atoms with Gasteiger partial charge in [0.25, 0.3) is 0 Å². The molecule has 9 nitrogen and oxygen atoms in total. The van der Waals surface area contributed by atoms with Crippen LogP contribution in [0.15, 0.2) is 84.5 Å². The van der Waals surface area contributed by atoms with Crippen LogP contribution in [0.2, 0.25) is 0 Å². The molecule has 0 amide bonds. The normalized spacial score (nSPS) is 13.3. The zero-order valence-electron chi connectivity index (χ0n) is 21.9. The molecule has 1 heterocycles. The lowest BCUT2D eigenvalue weighted by Crippen LogP contribution is -2.31. The van der Waals surface area contributed by atoms with E-state index in [4.69, 9.17) is 14.2 Å². The van der Waals surface area contributed by atoms with Crippen LogP contribution in [-0.4, -0.2) is 55.5 Å². The maximum absolute atomic E-state index is 13.3. The molecule has 0 unspecified atom stereocenters. The first-order valence-corrected chi connectivity index (χ1v) is 12.5. The summed E-state index contributed by atoms with van der Waals surface area (Å²) < 4.78 is 16.3. The number of anilines is 2. The second kappa shape index (κ2) is 11.3. The summed E-state index contributed by atoms with van der Waals surface area (Å²) >= 11 is 0. The monoisotopic (exact) mass is 524 g/mol. The molecule has 9 heteroatoms. The molecule has 5 rings (SSSR count). The Hall–Kier alpha value is -4.76. The molecule has 0 bridgehead atoms. The molecule has 0 saturated heterocycles. The highest BCUT2D eigenvalue weighted by Gasteiger charge is 2.26. The van der Waals surface area contributed by atoms with Gasteiger partial charge in [0.15, 0.2) is 11.5 Å². The van der Waals surface area contributed by atoms with Crippen molar-refractivity contribution in [3.63, 3.8) is 0 Å². The third-order valence-corrected chi connectivity index (χ3v) is 6.44. The Labute approximate surface area is 225 Å². The first-order valence-electron chi connectivity index (χ1n) is 12.5. The van der Waals surface area contributed by atoms with E-state index >= 15 is 0 Å². The Bertz CT molecular complexity index is 1620. The number of methoxy groups -OCH3 is 2. The van der Waals surface area contributed by atoms with Crippen LogP contribution in [0.3, 0.4) is 0 Å². The number of carbonyl (C=O) groups is 2. The van der Waals surface area contributed by atoms with Gasteiger partial charge in [0.2, 0.25) is 11.6 Å². The van der Waals surface area contributed by atoms with Crippen molar-refractivity contribution in [1.82, 2.24) is 9.97 Å². The molecule has 0 spiro atoms. The number of hydrogen-bond acceptors (Lipinski definition) is 9. The lowest BCUT2D eigenvalue weighted by molar-refractivity contribution is -0.115. The zero-order chi connectivity index (χ0) is 27.4. The second-order valence-corrected chi connectivity index (χ2v) is 8.77. The maximum atomic E-state index is 13.3. The predicted octanol–water partition coefficient (Wildman–Crippen LogP) is 4.67. The molecule has 1 N–H and O–H groups in total. The Morgan fingerprint density at radius 1 is 0.872 bits per heavy atom. The Kier molecular flexibility index (Phi) is 7.51. The summed E-state index contributed by atoms with van der Waals surface area (Å²) in [5, 5.41) is 5.70. The first-order chi connectivity index (χ1) is 19.0. The van der Waals surface area contributed by atoms with Gasteiger partial charge in [-0.15, -0.1) is 0 Å². The number of likely N-dealkylation sites (N-methyl/N-ethyl adjacent to an activating group) is 1. The van der Waals surface area contributed by atoms with Crippen molar-refractivity contribution in [2.75, 3.05) is 44.2 Å². The van der Waals surface area contributed by atoms with Crippen LogP contribution < -0.4 is 19.7 Å². The minimum atomic E-state index is -0.332. The van der Waals surface area contributed by atoms with E-state index < -0.39 is 0 Å². The zero-order valence-corrected chi connectivity index (χ0v) is 21.9. The van der Waals surface area contributed by atoms with Crippen LogP contribution >= 0.6 is 0 Å². The molecule has 0 aliphatic heterocycles. The minimum Gasteiger partial charge on any atom is -0.493 e. The van der Waals surface area contributed by atoms with Crippen LogP contribution in [0.1, 0.15) is 6.92 Å². The van der Waals surface area contributed by atoms with Gasteiger partial charge >= 0.3 is 0 Å². The van der Waals surface area contributed by atoms with E-state index in [0.717, 1.165) is 16.5 Å². The summed E-state index contributed by atoms with van der Waals surface area (Å²) in [5.74, 6) is 0.744. The smallest absolute Gasteiger partial charge is 0.204 e. The standard InChI is InChI=1S/C30H28N4O5/c1-4-34(24-11-7-9-19-8-5-6-10-20(19)24)25-17-26(35)23(15-27(25)36)33-30-21-14-28(38-3)29(39-13-12-37-2)16-22(21)31-18-32-30/h5-11,14-18H,4,12-13H2,1-3H3,(H,31,32,33). The topological polar surface area (TPSA) is 103 Å². The van der Waals surface area contributed by atoms with Gasteiger partial charge in [-0.3, -0.25) is 9.59 Å². The summed E-state index contributed by atoms with van der Waals surface area (Å²) in [4.78, 5) is 37.1. The fraction of sp³-hybridized carbons (Fsp3) is 0.200. The molecule has 1 aromatic heterocycles. The SMILES string of the molecule is CCN(C1=CC(=O)C(Nc2ncnc3cc(OCCOC)c(OC)cc23)=CC1=O)c1cccc2ccccc12. The molecule has 0 radical (unpaired) electrons. The average molecular weight is 525 g/mol. The number of benzene rings is 3. The summed E-state index contributed by atoms with van der Waals surface area (Å²) in [5.41, 5.74) is 1.89. The van der Waals surface area contributed by atoms with Gasteiger partial charge in [0, 0.05) is 48.3 Å². The van der Waals surface area contributed by atoms with Crippen LogP contribution in [-0.2, 0) is 14.3 Å².